The zero-order valence-corrected chi connectivity index (χ0v) is 18.6. The maximum absolute atomic E-state index is 12.7. The minimum atomic E-state index is -3.66. The van der Waals surface area contributed by atoms with Crippen LogP contribution in [0.5, 0.6) is 0 Å². The standard InChI is InChI=1S/C21H24ClN3O4S/c1-24(2)20(26)13-25(30(3,28)29)17-8-4-14(5-9-17)21(27)23-19-11-6-15-12-16(22)7-10-18(15)19/h4-5,7-10,12,19H,6,11,13H2,1-3H3,(H,23,27)/t19-/m1/s1. The lowest BCUT2D eigenvalue weighted by Gasteiger charge is -2.23. The van der Waals surface area contributed by atoms with E-state index < -0.39 is 10.0 Å². The second kappa shape index (κ2) is 8.65. The van der Waals surface area contributed by atoms with Gasteiger partial charge in [0.1, 0.15) is 6.54 Å². The van der Waals surface area contributed by atoms with Gasteiger partial charge in [0.15, 0.2) is 0 Å². The number of anilines is 1. The van der Waals surface area contributed by atoms with Gasteiger partial charge in [-0.15, -0.1) is 0 Å². The van der Waals surface area contributed by atoms with Gasteiger partial charge in [-0.3, -0.25) is 13.9 Å². The molecular weight excluding hydrogens is 426 g/mol. The summed E-state index contributed by atoms with van der Waals surface area (Å²) >= 11 is 6.04. The van der Waals surface area contributed by atoms with E-state index in [0.29, 0.717) is 16.3 Å². The number of fused-ring (bicyclic) bond motifs is 1. The van der Waals surface area contributed by atoms with E-state index in [2.05, 4.69) is 5.32 Å². The molecular formula is C21H24ClN3O4S. The van der Waals surface area contributed by atoms with Crippen molar-refractivity contribution >= 4 is 39.1 Å². The third kappa shape index (κ3) is 4.94. The van der Waals surface area contributed by atoms with Crippen LogP contribution < -0.4 is 9.62 Å². The van der Waals surface area contributed by atoms with E-state index in [1.54, 1.807) is 26.2 Å². The number of rotatable bonds is 6. The van der Waals surface area contributed by atoms with Crippen molar-refractivity contribution in [3.63, 3.8) is 0 Å². The van der Waals surface area contributed by atoms with Crippen LogP contribution in [0.4, 0.5) is 5.69 Å². The van der Waals surface area contributed by atoms with Crippen molar-refractivity contribution in [1.29, 1.82) is 0 Å². The van der Waals surface area contributed by atoms with E-state index in [0.717, 1.165) is 34.5 Å². The second-order valence-electron chi connectivity index (χ2n) is 7.51. The Labute approximate surface area is 181 Å². The molecule has 160 valence electrons. The Balaban J connectivity index is 1.75. The van der Waals surface area contributed by atoms with Crippen LogP contribution in [0.1, 0.15) is 33.9 Å². The van der Waals surface area contributed by atoms with Crippen LogP contribution >= 0.6 is 11.6 Å². The van der Waals surface area contributed by atoms with Crippen molar-refractivity contribution in [1.82, 2.24) is 10.2 Å². The number of likely N-dealkylation sites (N-methyl/N-ethyl adjacent to an activating group) is 1. The summed E-state index contributed by atoms with van der Waals surface area (Å²) in [4.78, 5) is 26.0. The van der Waals surface area contributed by atoms with Crippen LogP contribution in [-0.4, -0.2) is 52.0 Å². The molecule has 0 unspecified atom stereocenters. The first-order valence-corrected chi connectivity index (χ1v) is 11.7. The monoisotopic (exact) mass is 449 g/mol. The average molecular weight is 450 g/mol. The lowest BCUT2D eigenvalue weighted by molar-refractivity contribution is -0.127. The van der Waals surface area contributed by atoms with Gasteiger partial charge in [0.05, 0.1) is 18.0 Å². The number of sulfonamides is 1. The summed E-state index contributed by atoms with van der Waals surface area (Å²) in [6, 6.07) is 11.8. The number of carbonyl (C=O) groups is 2. The van der Waals surface area contributed by atoms with Gasteiger partial charge in [-0.1, -0.05) is 17.7 Å². The van der Waals surface area contributed by atoms with Crippen LogP contribution in [0.15, 0.2) is 42.5 Å². The molecule has 2 aromatic carbocycles. The topological polar surface area (TPSA) is 86.8 Å². The molecule has 3 rings (SSSR count). The van der Waals surface area contributed by atoms with Crippen LogP contribution in [0.3, 0.4) is 0 Å². The number of nitrogens with one attached hydrogen (secondary N) is 1. The van der Waals surface area contributed by atoms with E-state index in [4.69, 9.17) is 11.6 Å². The smallest absolute Gasteiger partial charge is 0.251 e. The molecule has 0 spiro atoms. The van der Waals surface area contributed by atoms with Crippen LogP contribution in [0.25, 0.3) is 0 Å². The van der Waals surface area contributed by atoms with Gasteiger partial charge in [-0.25, -0.2) is 8.42 Å². The van der Waals surface area contributed by atoms with E-state index in [1.807, 2.05) is 18.2 Å². The van der Waals surface area contributed by atoms with Gasteiger partial charge in [0.2, 0.25) is 15.9 Å². The number of amides is 2. The van der Waals surface area contributed by atoms with Crippen molar-refractivity contribution in [3.8, 4) is 0 Å². The quantitative estimate of drug-likeness (QED) is 0.734. The highest BCUT2D eigenvalue weighted by atomic mass is 35.5. The average Bonchev–Trinajstić information content (AvgIpc) is 3.06. The van der Waals surface area contributed by atoms with E-state index in [9.17, 15) is 18.0 Å². The number of halogens is 1. The summed E-state index contributed by atoms with van der Waals surface area (Å²) in [5.74, 6) is -0.591. The lowest BCUT2D eigenvalue weighted by Crippen LogP contribution is -2.39. The molecule has 0 radical (unpaired) electrons. The predicted molar refractivity (Wildman–Crippen MR) is 117 cm³/mol. The van der Waals surface area contributed by atoms with Gasteiger partial charge < -0.3 is 10.2 Å². The van der Waals surface area contributed by atoms with Gasteiger partial charge in [0, 0.05) is 24.7 Å². The molecule has 1 atom stereocenters. The molecule has 1 aliphatic carbocycles. The summed E-state index contributed by atoms with van der Waals surface area (Å²) in [6.45, 7) is -0.307. The maximum atomic E-state index is 12.7. The Kier molecular flexibility index (Phi) is 6.38. The molecule has 7 nitrogen and oxygen atoms in total. The Morgan fingerprint density at radius 2 is 1.80 bits per heavy atom. The molecule has 1 N–H and O–H groups in total. The molecule has 30 heavy (non-hydrogen) atoms. The fourth-order valence-electron chi connectivity index (χ4n) is 3.42. The van der Waals surface area contributed by atoms with Crippen molar-refractivity contribution in [2.24, 2.45) is 0 Å². The molecule has 1 aliphatic rings. The van der Waals surface area contributed by atoms with Crippen molar-refractivity contribution in [3.05, 3.63) is 64.2 Å². The van der Waals surface area contributed by atoms with Crippen molar-refractivity contribution in [2.45, 2.75) is 18.9 Å². The van der Waals surface area contributed by atoms with Crippen LogP contribution in [-0.2, 0) is 21.2 Å². The minimum Gasteiger partial charge on any atom is -0.347 e. The Morgan fingerprint density at radius 3 is 2.40 bits per heavy atom. The first kappa shape index (κ1) is 22.1. The van der Waals surface area contributed by atoms with Gasteiger partial charge in [-0.2, -0.15) is 0 Å². The van der Waals surface area contributed by atoms with Crippen molar-refractivity contribution in [2.75, 3.05) is 31.2 Å². The molecule has 0 heterocycles. The Bertz CT molecular complexity index is 1070. The Morgan fingerprint density at radius 1 is 1.13 bits per heavy atom. The fraction of sp³-hybridized carbons (Fsp3) is 0.333. The SMILES string of the molecule is CN(C)C(=O)CN(c1ccc(C(=O)N[C@@H]2CCc3cc(Cl)ccc32)cc1)S(C)(=O)=O. The first-order chi connectivity index (χ1) is 14.1. The highest BCUT2D eigenvalue weighted by molar-refractivity contribution is 7.92. The molecule has 2 aromatic rings. The molecule has 0 saturated heterocycles. The number of aryl methyl sites for hydroxylation is 1. The number of benzene rings is 2. The zero-order chi connectivity index (χ0) is 22.1. The molecule has 0 aromatic heterocycles. The summed E-state index contributed by atoms with van der Waals surface area (Å²) in [5, 5.41) is 3.70. The molecule has 0 fully saturated rings. The zero-order valence-electron chi connectivity index (χ0n) is 17.1. The van der Waals surface area contributed by atoms with E-state index in [-0.39, 0.29) is 24.4 Å². The van der Waals surface area contributed by atoms with Crippen molar-refractivity contribution < 1.29 is 18.0 Å². The second-order valence-corrected chi connectivity index (χ2v) is 9.86. The molecule has 0 aliphatic heterocycles. The third-order valence-corrected chi connectivity index (χ3v) is 6.46. The number of hydrogen-bond acceptors (Lipinski definition) is 4. The lowest BCUT2D eigenvalue weighted by atomic mass is 10.1. The Hall–Kier alpha value is -2.58. The molecule has 0 saturated carbocycles. The van der Waals surface area contributed by atoms with Gasteiger partial charge >= 0.3 is 0 Å². The number of hydrogen-bond donors (Lipinski definition) is 1. The van der Waals surface area contributed by atoms with E-state index in [1.165, 1.54) is 17.0 Å². The van der Waals surface area contributed by atoms with E-state index >= 15 is 0 Å². The molecule has 2 amide bonds. The number of nitrogens with zero attached hydrogens (tertiary/aromatic N) is 2. The largest absolute Gasteiger partial charge is 0.347 e. The van der Waals surface area contributed by atoms with Crippen LogP contribution in [0, 0.1) is 0 Å². The van der Waals surface area contributed by atoms with Gasteiger partial charge in [0.25, 0.3) is 5.91 Å². The minimum absolute atomic E-state index is 0.0883. The van der Waals surface area contributed by atoms with Crippen LogP contribution in [0.2, 0.25) is 5.02 Å². The molecule has 0 bridgehead atoms. The van der Waals surface area contributed by atoms with Gasteiger partial charge in [-0.05, 0) is 60.4 Å². The number of carbonyl (C=O) groups excluding carboxylic acids is 2. The first-order valence-electron chi connectivity index (χ1n) is 9.43. The third-order valence-electron chi connectivity index (χ3n) is 5.08. The predicted octanol–water partition coefficient (Wildman–Crippen LogP) is 2.61. The summed E-state index contributed by atoms with van der Waals surface area (Å²) in [5.41, 5.74) is 2.94. The maximum Gasteiger partial charge on any atom is 0.251 e. The summed E-state index contributed by atoms with van der Waals surface area (Å²) in [6.07, 6.45) is 2.69. The summed E-state index contributed by atoms with van der Waals surface area (Å²) < 4.78 is 25.3. The normalized spacial score (nSPS) is 15.4. The summed E-state index contributed by atoms with van der Waals surface area (Å²) in [7, 11) is -0.539. The highest BCUT2D eigenvalue weighted by Crippen LogP contribution is 2.33. The molecule has 9 heteroatoms. The fourth-order valence-corrected chi connectivity index (χ4v) is 4.47. The highest BCUT2D eigenvalue weighted by Gasteiger charge is 2.25.